The Balaban J connectivity index is 1.44. The van der Waals surface area contributed by atoms with Gasteiger partial charge in [0.15, 0.2) is 0 Å². The number of hydrogen-bond donors (Lipinski definition) is 0. The van der Waals surface area contributed by atoms with Crippen molar-refractivity contribution in [3.63, 3.8) is 0 Å². The van der Waals surface area contributed by atoms with E-state index in [1.54, 1.807) is 12.1 Å². The van der Waals surface area contributed by atoms with E-state index in [-0.39, 0.29) is 24.1 Å². The van der Waals surface area contributed by atoms with Gasteiger partial charge in [-0.15, -0.1) is 0 Å². The van der Waals surface area contributed by atoms with Gasteiger partial charge in [0, 0.05) is 26.2 Å². The molecule has 0 radical (unpaired) electrons. The second-order valence-electron chi connectivity index (χ2n) is 7.10. The molecule has 1 atom stereocenters. The van der Waals surface area contributed by atoms with E-state index in [1.807, 2.05) is 47.1 Å². The Bertz CT molecular complexity index is 860. The van der Waals surface area contributed by atoms with Crippen LogP contribution in [0.5, 0.6) is 0 Å². The largest absolute Gasteiger partial charge is 0.367 e. The molecule has 2 saturated heterocycles. The first-order chi connectivity index (χ1) is 13.0. The van der Waals surface area contributed by atoms with Gasteiger partial charge in [-0.05, 0) is 31.2 Å². The summed E-state index contributed by atoms with van der Waals surface area (Å²) in [5.74, 6) is -0.558. The van der Waals surface area contributed by atoms with Gasteiger partial charge >= 0.3 is 0 Å². The molecule has 0 aliphatic carbocycles. The number of piperazine rings is 1. The summed E-state index contributed by atoms with van der Waals surface area (Å²) >= 11 is 0. The van der Waals surface area contributed by atoms with Gasteiger partial charge in [0.2, 0.25) is 5.91 Å². The van der Waals surface area contributed by atoms with Crippen molar-refractivity contribution >= 4 is 23.2 Å². The normalized spacial score (nSPS) is 21.2. The van der Waals surface area contributed by atoms with Gasteiger partial charge in [0.1, 0.15) is 5.82 Å². The molecule has 0 spiro atoms. The molecular weight excluding hydrogens is 345 g/mol. The Labute approximate surface area is 158 Å². The summed E-state index contributed by atoms with van der Waals surface area (Å²) in [4.78, 5) is 30.7. The second-order valence-corrected chi connectivity index (χ2v) is 7.10. The average molecular weight is 367 g/mol. The van der Waals surface area contributed by atoms with E-state index >= 15 is 0 Å². The summed E-state index contributed by atoms with van der Waals surface area (Å²) in [6.07, 6.45) is 0.201. The number of rotatable bonds is 3. The van der Waals surface area contributed by atoms with Crippen molar-refractivity contribution in [1.29, 1.82) is 0 Å². The van der Waals surface area contributed by atoms with Crippen LogP contribution in [-0.2, 0) is 9.59 Å². The van der Waals surface area contributed by atoms with Crippen LogP contribution >= 0.6 is 0 Å². The first kappa shape index (κ1) is 17.7. The zero-order valence-electron chi connectivity index (χ0n) is 15.3. The first-order valence-corrected chi connectivity index (χ1v) is 9.21. The number of imide groups is 1. The molecule has 27 heavy (non-hydrogen) atoms. The highest BCUT2D eigenvalue weighted by molar-refractivity contribution is 6.22. The molecule has 0 aromatic heterocycles. The van der Waals surface area contributed by atoms with E-state index in [2.05, 4.69) is 0 Å². The van der Waals surface area contributed by atoms with Gasteiger partial charge in [-0.1, -0.05) is 29.8 Å². The fourth-order valence-corrected chi connectivity index (χ4v) is 3.85. The third kappa shape index (κ3) is 3.32. The smallest absolute Gasteiger partial charge is 0.251 e. The van der Waals surface area contributed by atoms with Crippen LogP contribution in [0, 0.1) is 12.7 Å². The molecule has 4 rings (SSSR count). The van der Waals surface area contributed by atoms with Gasteiger partial charge in [0.05, 0.1) is 23.8 Å². The summed E-state index contributed by atoms with van der Waals surface area (Å²) in [6, 6.07) is 13.7. The van der Waals surface area contributed by atoms with Crippen LogP contribution < -0.4 is 9.80 Å². The number of halogens is 1. The van der Waals surface area contributed by atoms with Gasteiger partial charge in [-0.25, -0.2) is 9.29 Å². The van der Waals surface area contributed by atoms with Crippen molar-refractivity contribution in [3.05, 3.63) is 59.9 Å². The maximum Gasteiger partial charge on any atom is 0.251 e. The first-order valence-electron chi connectivity index (χ1n) is 9.21. The summed E-state index contributed by atoms with van der Waals surface area (Å²) in [5.41, 5.74) is 2.30. The quantitative estimate of drug-likeness (QED) is 0.783. The van der Waals surface area contributed by atoms with Crippen LogP contribution in [0.4, 0.5) is 15.8 Å². The van der Waals surface area contributed by atoms with Crippen molar-refractivity contribution in [3.8, 4) is 0 Å². The SMILES string of the molecule is Cc1ccc(N2C(=O)C[C@@H](N3CCN(c4ccccc4F)CC3)C2=O)cc1. The maximum absolute atomic E-state index is 14.0. The van der Waals surface area contributed by atoms with Crippen LogP contribution in [-0.4, -0.2) is 48.9 Å². The monoisotopic (exact) mass is 367 g/mol. The van der Waals surface area contributed by atoms with E-state index in [0.717, 1.165) is 5.56 Å². The molecule has 5 nitrogen and oxygen atoms in total. The number of hydrogen-bond acceptors (Lipinski definition) is 4. The molecule has 2 amide bonds. The van der Waals surface area contributed by atoms with Crippen molar-refractivity contribution in [2.75, 3.05) is 36.0 Å². The lowest BCUT2D eigenvalue weighted by Gasteiger charge is -2.38. The lowest BCUT2D eigenvalue weighted by atomic mass is 10.1. The van der Waals surface area contributed by atoms with E-state index in [0.29, 0.717) is 37.6 Å². The fraction of sp³-hybridized carbons (Fsp3) is 0.333. The average Bonchev–Trinajstić information content (AvgIpc) is 2.97. The highest BCUT2D eigenvalue weighted by atomic mass is 19.1. The molecular formula is C21H22FN3O2. The van der Waals surface area contributed by atoms with Crippen LogP contribution in [0.3, 0.4) is 0 Å². The molecule has 140 valence electrons. The molecule has 2 aromatic carbocycles. The Morgan fingerprint density at radius 1 is 0.926 bits per heavy atom. The fourth-order valence-electron chi connectivity index (χ4n) is 3.85. The number of para-hydroxylation sites is 1. The van der Waals surface area contributed by atoms with E-state index < -0.39 is 6.04 Å². The zero-order chi connectivity index (χ0) is 19.0. The van der Waals surface area contributed by atoms with Crippen molar-refractivity contribution < 1.29 is 14.0 Å². The molecule has 2 heterocycles. The third-order valence-electron chi connectivity index (χ3n) is 5.36. The minimum absolute atomic E-state index is 0.162. The van der Waals surface area contributed by atoms with Crippen LogP contribution in [0.2, 0.25) is 0 Å². The van der Waals surface area contributed by atoms with Crippen molar-refractivity contribution in [1.82, 2.24) is 4.90 Å². The molecule has 0 saturated carbocycles. The topological polar surface area (TPSA) is 43.9 Å². The predicted molar refractivity (Wildman–Crippen MR) is 102 cm³/mol. The standard InChI is InChI=1S/C21H22FN3O2/c1-15-6-8-16(9-7-15)25-20(26)14-19(21(25)27)24-12-10-23(11-13-24)18-5-3-2-4-17(18)22/h2-9,19H,10-14H2,1H3/t19-/m1/s1. The van der Waals surface area contributed by atoms with Gasteiger partial charge < -0.3 is 4.90 Å². The van der Waals surface area contributed by atoms with Gasteiger partial charge in [-0.2, -0.15) is 0 Å². The van der Waals surface area contributed by atoms with Gasteiger partial charge in [-0.3, -0.25) is 14.5 Å². The minimum atomic E-state index is -0.429. The van der Waals surface area contributed by atoms with Crippen molar-refractivity contribution in [2.24, 2.45) is 0 Å². The number of carbonyl (C=O) groups is 2. The third-order valence-corrected chi connectivity index (χ3v) is 5.36. The van der Waals surface area contributed by atoms with E-state index in [9.17, 15) is 14.0 Å². The predicted octanol–water partition coefficient (Wildman–Crippen LogP) is 2.59. The molecule has 0 unspecified atom stereocenters. The Morgan fingerprint density at radius 3 is 2.26 bits per heavy atom. The summed E-state index contributed by atoms with van der Waals surface area (Å²) in [6.45, 7) is 4.47. The van der Waals surface area contributed by atoms with Crippen LogP contribution in [0.1, 0.15) is 12.0 Å². The zero-order valence-corrected chi connectivity index (χ0v) is 15.3. The highest BCUT2D eigenvalue weighted by Gasteiger charge is 2.43. The molecule has 0 N–H and O–H groups in total. The number of amides is 2. The number of benzene rings is 2. The number of nitrogens with zero attached hydrogens (tertiary/aromatic N) is 3. The molecule has 2 fully saturated rings. The molecule has 2 aromatic rings. The maximum atomic E-state index is 14.0. The number of anilines is 2. The molecule has 2 aliphatic heterocycles. The minimum Gasteiger partial charge on any atom is -0.367 e. The highest BCUT2D eigenvalue weighted by Crippen LogP contribution is 2.27. The number of carbonyl (C=O) groups excluding carboxylic acids is 2. The second kappa shape index (κ2) is 7.12. The van der Waals surface area contributed by atoms with Crippen LogP contribution in [0.25, 0.3) is 0 Å². The lowest BCUT2D eigenvalue weighted by molar-refractivity contribution is -0.123. The van der Waals surface area contributed by atoms with E-state index in [1.165, 1.54) is 11.0 Å². The number of aryl methyl sites for hydroxylation is 1. The van der Waals surface area contributed by atoms with Crippen LogP contribution in [0.15, 0.2) is 48.5 Å². The molecule has 6 heteroatoms. The Kier molecular flexibility index (Phi) is 4.66. The Morgan fingerprint density at radius 2 is 1.59 bits per heavy atom. The summed E-state index contributed by atoms with van der Waals surface area (Å²) < 4.78 is 14.0. The molecule has 2 aliphatic rings. The molecule has 0 bridgehead atoms. The summed E-state index contributed by atoms with van der Waals surface area (Å²) in [5, 5.41) is 0. The Hall–Kier alpha value is -2.73. The van der Waals surface area contributed by atoms with E-state index in [4.69, 9.17) is 0 Å². The van der Waals surface area contributed by atoms with Crippen molar-refractivity contribution in [2.45, 2.75) is 19.4 Å². The summed E-state index contributed by atoms with van der Waals surface area (Å²) in [7, 11) is 0. The van der Waals surface area contributed by atoms with Gasteiger partial charge in [0.25, 0.3) is 5.91 Å². The lowest BCUT2D eigenvalue weighted by Crippen LogP contribution is -2.52.